The van der Waals surface area contributed by atoms with E-state index in [4.69, 9.17) is 0 Å². The maximum absolute atomic E-state index is 13.6. The molecule has 0 bridgehead atoms. The van der Waals surface area contributed by atoms with Crippen LogP contribution in [0.3, 0.4) is 0 Å². The summed E-state index contributed by atoms with van der Waals surface area (Å²) in [5, 5.41) is 13.3. The second-order valence-corrected chi connectivity index (χ2v) is 5.54. The second kappa shape index (κ2) is 6.97. The Balaban J connectivity index is 1.99. The van der Waals surface area contributed by atoms with Crippen molar-refractivity contribution in [1.82, 2.24) is 5.32 Å². The second-order valence-electron chi connectivity index (χ2n) is 4.69. The van der Waals surface area contributed by atoms with Gasteiger partial charge in [-0.15, -0.1) is 0 Å². The molecule has 0 heterocycles. The van der Waals surface area contributed by atoms with E-state index in [1.807, 2.05) is 31.2 Å². The van der Waals surface area contributed by atoms with Gasteiger partial charge in [-0.1, -0.05) is 52.3 Å². The van der Waals surface area contributed by atoms with E-state index in [2.05, 4.69) is 21.2 Å². The van der Waals surface area contributed by atoms with Crippen LogP contribution in [0.4, 0.5) is 4.39 Å². The zero-order valence-electron chi connectivity index (χ0n) is 11.2. The summed E-state index contributed by atoms with van der Waals surface area (Å²) in [6.45, 7) is 2.30. The molecule has 2 aromatic rings. The van der Waals surface area contributed by atoms with E-state index in [1.54, 1.807) is 18.2 Å². The Morgan fingerprint density at radius 2 is 1.70 bits per heavy atom. The summed E-state index contributed by atoms with van der Waals surface area (Å²) in [5.41, 5.74) is 1.42. The van der Waals surface area contributed by atoms with E-state index >= 15 is 0 Å². The maximum Gasteiger partial charge on any atom is 0.129 e. The molecule has 0 radical (unpaired) electrons. The van der Waals surface area contributed by atoms with Gasteiger partial charge >= 0.3 is 0 Å². The molecule has 0 aliphatic heterocycles. The molecule has 20 heavy (non-hydrogen) atoms. The fraction of sp³-hybridized carbons (Fsp3) is 0.250. The zero-order chi connectivity index (χ0) is 14.5. The van der Waals surface area contributed by atoms with Gasteiger partial charge in [0.2, 0.25) is 0 Å². The van der Waals surface area contributed by atoms with Gasteiger partial charge in [0, 0.05) is 22.6 Å². The van der Waals surface area contributed by atoms with Crippen LogP contribution < -0.4 is 5.32 Å². The molecule has 2 nitrogen and oxygen atoms in total. The van der Waals surface area contributed by atoms with Gasteiger partial charge < -0.3 is 10.4 Å². The van der Waals surface area contributed by atoms with Crippen molar-refractivity contribution < 1.29 is 9.50 Å². The van der Waals surface area contributed by atoms with Crippen molar-refractivity contribution in [1.29, 1.82) is 0 Å². The molecule has 2 atom stereocenters. The van der Waals surface area contributed by atoms with Crippen LogP contribution in [0.25, 0.3) is 0 Å². The van der Waals surface area contributed by atoms with Crippen molar-refractivity contribution >= 4 is 15.9 Å². The molecule has 0 spiro atoms. The van der Waals surface area contributed by atoms with Gasteiger partial charge in [0.05, 0.1) is 6.10 Å². The third-order valence-corrected chi connectivity index (χ3v) is 3.98. The highest BCUT2D eigenvalue weighted by Crippen LogP contribution is 2.23. The Morgan fingerprint density at radius 3 is 2.35 bits per heavy atom. The molecule has 1 unspecified atom stereocenters. The lowest BCUT2D eigenvalue weighted by Crippen LogP contribution is -2.25. The molecular formula is C16H17BrFNO. The Morgan fingerprint density at radius 1 is 1.10 bits per heavy atom. The third-order valence-electron chi connectivity index (χ3n) is 3.25. The van der Waals surface area contributed by atoms with E-state index in [1.165, 1.54) is 6.07 Å². The third kappa shape index (κ3) is 3.66. The van der Waals surface area contributed by atoms with Crippen molar-refractivity contribution in [2.24, 2.45) is 0 Å². The highest BCUT2D eigenvalue weighted by Gasteiger charge is 2.14. The number of aliphatic hydroxyl groups is 1. The summed E-state index contributed by atoms with van der Waals surface area (Å²) in [6, 6.07) is 14.3. The topological polar surface area (TPSA) is 32.3 Å². The van der Waals surface area contributed by atoms with E-state index < -0.39 is 6.10 Å². The molecule has 0 aliphatic rings. The fourth-order valence-electron chi connectivity index (χ4n) is 2.08. The van der Waals surface area contributed by atoms with Crippen LogP contribution in [0.1, 0.15) is 30.2 Å². The lowest BCUT2D eigenvalue weighted by Gasteiger charge is -2.19. The Kier molecular flexibility index (Phi) is 5.29. The van der Waals surface area contributed by atoms with Crippen molar-refractivity contribution in [2.45, 2.75) is 19.1 Å². The van der Waals surface area contributed by atoms with Gasteiger partial charge in [-0.3, -0.25) is 0 Å². The van der Waals surface area contributed by atoms with E-state index in [-0.39, 0.29) is 11.9 Å². The molecule has 106 valence electrons. The lowest BCUT2D eigenvalue weighted by atomic mass is 10.1. The molecule has 0 amide bonds. The lowest BCUT2D eigenvalue weighted by molar-refractivity contribution is 0.166. The summed E-state index contributed by atoms with van der Waals surface area (Å²) < 4.78 is 14.6. The first kappa shape index (κ1) is 15.2. The average Bonchev–Trinajstić information content (AvgIpc) is 2.45. The molecule has 2 rings (SSSR count). The molecule has 2 aromatic carbocycles. The van der Waals surface area contributed by atoms with Crippen LogP contribution in [-0.4, -0.2) is 11.7 Å². The van der Waals surface area contributed by atoms with Crippen LogP contribution in [0, 0.1) is 5.82 Å². The molecular weight excluding hydrogens is 321 g/mol. The monoisotopic (exact) mass is 337 g/mol. The first-order valence-corrected chi connectivity index (χ1v) is 7.29. The van der Waals surface area contributed by atoms with E-state index in [0.29, 0.717) is 12.1 Å². The molecule has 4 heteroatoms. The highest BCUT2D eigenvalue weighted by atomic mass is 79.9. The van der Waals surface area contributed by atoms with Crippen LogP contribution in [-0.2, 0) is 0 Å². The first-order chi connectivity index (χ1) is 9.59. The number of rotatable bonds is 5. The number of aliphatic hydroxyl groups excluding tert-OH is 1. The van der Waals surface area contributed by atoms with Gasteiger partial charge in [0.1, 0.15) is 5.82 Å². The van der Waals surface area contributed by atoms with Gasteiger partial charge in [-0.05, 0) is 24.6 Å². The molecule has 0 fully saturated rings. The summed E-state index contributed by atoms with van der Waals surface area (Å²) >= 11 is 3.50. The zero-order valence-corrected chi connectivity index (χ0v) is 12.8. The van der Waals surface area contributed by atoms with E-state index in [9.17, 15) is 9.50 Å². The van der Waals surface area contributed by atoms with Gasteiger partial charge in [-0.25, -0.2) is 4.39 Å². The predicted octanol–water partition coefficient (Wildman–Crippen LogP) is 3.97. The smallest absolute Gasteiger partial charge is 0.129 e. The van der Waals surface area contributed by atoms with E-state index in [0.717, 1.165) is 10.0 Å². The highest BCUT2D eigenvalue weighted by molar-refractivity contribution is 9.10. The minimum Gasteiger partial charge on any atom is -0.387 e. The van der Waals surface area contributed by atoms with Crippen LogP contribution in [0.5, 0.6) is 0 Å². The molecule has 0 saturated carbocycles. The fourth-order valence-corrected chi connectivity index (χ4v) is 2.71. The van der Waals surface area contributed by atoms with Crippen LogP contribution in [0.15, 0.2) is 53.0 Å². The molecule has 0 aromatic heterocycles. The number of benzene rings is 2. The number of halogens is 2. The largest absolute Gasteiger partial charge is 0.387 e. The normalized spacial score (nSPS) is 14.0. The minimum atomic E-state index is -0.860. The maximum atomic E-state index is 13.6. The molecule has 0 aliphatic carbocycles. The minimum absolute atomic E-state index is 0.0620. The average molecular weight is 338 g/mol. The summed E-state index contributed by atoms with van der Waals surface area (Å²) in [5.74, 6) is -0.379. The first-order valence-electron chi connectivity index (χ1n) is 6.50. The van der Waals surface area contributed by atoms with Crippen molar-refractivity contribution in [3.63, 3.8) is 0 Å². The number of hydrogen-bond donors (Lipinski definition) is 2. The summed E-state index contributed by atoms with van der Waals surface area (Å²) in [6.07, 6.45) is -0.860. The summed E-state index contributed by atoms with van der Waals surface area (Å²) in [4.78, 5) is 0. The number of nitrogens with one attached hydrogen (secondary N) is 1. The Hall–Kier alpha value is -1.23. The SMILES string of the molecule is C[C@@H](NCC(O)c1ccccc1F)c1ccccc1Br. The Bertz CT molecular complexity index is 524. The summed E-state index contributed by atoms with van der Waals surface area (Å²) in [7, 11) is 0. The van der Waals surface area contributed by atoms with Gasteiger partial charge in [-0.2, -0.15) is 0 Å². The predicted molar refractivity (Wildman–Crippen MR) is 81.9 cm³/mol. The van der Waals surface area contributed by atoms with Crippen molar-refractivity contribution in [3.8, 4) is 0 Å². The number of hydrogen-bond acceptors (Lipinski definition) is 2. The quantitative estimate of drug-likeness (QED) is 0.865. The van der Waals surface area contributed by atoms with Crippen LogP contribution in [0.2, 0.25) is 0 Å². The standard InChI is InChI=1S/C16H17BrFNO/c1-11(12-6-2-4-8-14(12)17)19-10-16(20)13-7-3-5-9-15(13)18/h2-9,11,16,19-20H,10H2,1H3/t11-,16?/m1/s1. The van der Waals surface area contributed by atoms with Crippen molar-refractivity contribution in [3.05, 3.63) is 69.9 Å². The van der Waals surface area contributed by atoms with Crippen LogP contribution >= 0.6 is 15.9 Å². The molecule has 0 saturated heterocycles. The van der Waals surface area contributed by atoms with Crippen molar-refractivity contribution in [2.75, 3.05) is 6.54 Å². The van der Waals surface area contributed by atoms with Gasteiger partial charge in [0.25, 0.3) is 0 Å². The molecule has 2 N–H and O–H groups in total. The Labute approximate surface area is 126 Å². The van der Waals surface area contributed by atoms with Gasteiger partial charge in [0.15, 0.2) is 0 Å².